The summed E-state index contributed by atoms with van der Waals surface area (Å²) in [5.74, 6) is 0.0105. The molecule has 0 heterocycles. The van der Waals surface area contributed by atoms with Crippen LogP contribution in [0.5, 0.6) is 0 Å². The van der Waals surface area contributed by atoms with Crippen molar-refractivity contribution < 1.29 is 9.59 Å². The summed E-state index contributed by atoms with van der Waals surface area (Å²) in [6.07, 6.45) is 5.38. The van der Waals surface area contributed by atoms with Crippen molar-refractivity contribution in [2.45, 2.75) is 72.6 Å². The third-order valence-electron chi connectivity index (χ3n) is 5.96. The van der Waals surface area contributed by atoms with E-state index in [0.29, 0.717) is 18.4 Å². The van der Waals surface area contributed by atoms with Gasteiger partial charge in [0.25, 0.3) is 0 Å². The van der Waals surface area contributed by atoms with E-state index < -0.39 is 0 Å². The van der Waals surface area contributed by atoms with Crippen molar-refractivity contribution in [2.24, 2.45) is 5.41 Å². The summed E-state index contributed by atoms with van der Waals surface area (Å²) in [7, 11) is 0. The van der Waals surface area contributed by atoms with E-state index in [0.717, 1.165) is 29.8 Å². The van der Waals surface area contributed by atoms with Gasteiger partial charge in [0.15, 0.2) is 11.6 Å². The summed E-state index contributed by atoms with van der Waals surface area (Å²) in [6, 6.07) is 0. The number of rotatable bonds is 3. The summed E-state index contributed by atoms with van der Waals surface area (Å²) in [5.41, 5.74) is 6.98. The molecule has 1 atom stereocenters. The number of hydrogen-bond acceptors (Lipinski definition) is 2. The first kappa shape index (κ1) is 18.4. The number of ketones is 2. The predicted octanol–water partition coefficient (Wildman–Crippen LogP) is 5.43. The maximum absolute atomic E-state index is 12.5. The maximum atomic E-state index is 12.5. The Morgan fingerprint density at radius 2 is 1.84 bits per heavy atom. The number of benzene rings is 1. The second kappa shape index (κ2) is 6.39. The summed E-state index contributed by atoms with van der Waals surface area (Å²) < 4.78 is 0. The molecule has 0 amide bonds. The average Bonchev–Trinajstić information content (AvgIpc) is 2.88. The molecule has 25 heavy (non-hydrogen) atoms. The molecule has 1 unspecified atom stereocenters. The molecule has 0 bridgehead atoms. The fourth-order valence-electron chi connectivity index (χ4n) is 4.51. The highest BCUT2D eigenvalue weighted by molar-refractivity contribution is 6.32. The SMILES string of the molecule is CCC(=O)C1=CCC(c2c(C)c(C)c3c(c2Cl)CC(C)(C)C3)CC1=O. The summed E-state index contributed by atoms with van der Waals surface area (Å²) in [4.78, 5) is 24.4. The van der Waals surface area contributed by atoms with Gasteiger partial charge in [-0.3, -0.25) is 9.59 Å². The second-order valence-electron chi connectivity index (χ2n) is 8.41. The Morgan fingerprint density at radius 3 is 2.44 bits per heavy atom. The van der Waals surface area contributed by atoms with Crippen LogP contribution >= 0.6 is 11.6 Å². The van der Waals surface area contributed by atoms with E-state index in [1.165, 1.54) is 22.3 Å². The van der Waals surface area contributed by atoms with Crippen molar-refractivity contribution in [1.82, 2.24) is 0 Å². The Kier molecular flexibility index (Phi) is 4.70. The van der Waals surface area contributed by atoms with Crippen LogP contribution < -0.4 is 0 Å². The molecule has 0 aliphatic heterocycles. The number of halogens is 1. The lowest BCUT2D eigenvalue weighted by atomic mass is 9.79. The summed E-state index contributed by atoms with van der Waals surface area (Å²) in [5, 5.41) is 0.861. The van der Waals surface area contributed by atoms with Crippen LogP contribution in [0.2, 0.25) is 5.02 Å². The van der Waals surface area contributed by atoms with E-state index in [1.807, 2.05) is 6.08 Å². The van der Waals surface area contributed by atoms with Gasteiger partial charge in [0.1, 0.15) is 0 Å². The highest BCUT2D eigenvalue weighted by Gasteiger charge is 2.36. The van der Waals surface area contributed by atoms with Gasteiger partial charge in [-0.25, -0.2) is 0 Å². The van der Waals surface area contributed by atoms with Crippen LogP contribution in [-0.2, 0) is 22.4 Å². The molecule has 0 radical (unpaired) electrons. The Bertz CT molecular complexity index is 799. The predicted molar refractivity (Wildman–Crippen MR) is 102 cm³/mol. The molecule has 2 aliphatic rings. The fraction of sp³-hybridized carbons (Fsp3) is 0.545. The van der Waals surface area contributed by atoms with Crippen molar-refractivity contribution in [3.8, 4) is 0 Å². The van der Waals surface area contributed by atoms with Gasteiger partial charge in [-0.2, -0.15) is 0 Å². The number of Topliss-reactive ketones (excluding diaryl/α,β-unsaturated/α-hetero) is 2. The standard InChI is InChI=1S/C22H27ClO2/c1-6-18(24)15-8-7-14(9-19(15)25)20-13(3)12(2)16-10-22(4,5)11-17(16)21(20)23/h8,14H,6-7,9-11H2,1-5H3. The molecule has 0 spiro atoms. The molecule has 3 rings (SSSR count). The summed E-state index contributed by atoms with van der Waals surface area (Å²) in [6.45, 7) is 10.7. The lowest BCUT2D eigenvalue weighted by Gasteiger charge is -2.26. The van der Waals surface area contributed by atoms with Gasteiger partial charge in [0, 0.05) is 17.9 Å². The molecule has 0 saturated carbocycles. The number of carbonyl (C=O) groups excluding carboxylic acids is 2. The highest BCUT2D eigenvalue weighted by atomic mass is 35.5. The topological polar surface area (TPSA) is 34.1 Å². The molecule has 1 aromatic rings. The van der Waals surface area contributed by atoms with Crippen molar-refractivity contribution in [2.75, 3.05) is 0 Å². The number of hydrogen-bond donors (Lipinski definition) is 0. The van der Waals surface area contributed by atoms with E-state index in [9.17, 15) is 9.59 Å². The van der Waals surface area contributed by atoms with E-state index in [2.05, 4.69) is 27.7 Å². The first-order valence-electron chi connectivity index (χ1n) is 9.23. The lowest BCUT2D eigenvalue weighted by Crippen LogP contribution is -2.21. The van der Waals surface area contributed by atoms with Crippen LogP contribution in [-0.4, -0.2) is 11.6 Å². The van der Waals surface area contributed by atoms with Crippen LogP contribution in [0.25, 0.3) is 0 Å². The van der Waals surface area contributed by atoms with E-state index in [4.69, 9.17) is 11.6 Å². The van der Waals surface area contributed by atoms with Crippen LogP contribution in [0.3, 0.4) is 0 Å². The minimum absolute atomic E-state index is 0.0305. The zero-order valence-corrected chi connectivity index (χ0v) is 16.6. The number of allylic oxidation sites excluding steroid dienone is 2. The van der Waals surface area contributed by atoms with Crippen LogP contribution in [0.15, 0.2) is 11.6 Å². The number of carbonyl (C=O) groups is 2. The largest absolute Gasteiger partial charge is 0.294 e. The highest BCUT2D eigenvalue weighted by Crippen LogP contribution is 2.47. The molecule has 0 saturated heterocycles. The van der Waals surface area contributed by atoms with Crippen molar-refractivity contribution in [3.63, 3.8) is 0 Å². The van der Waals surface area contributed by atoms with Crippen LogP contribution in [0, 0.1) is 19.3 Å². The monoisotopic (exact) mass is 358 g/mol. The van der Waals surface area contributed by atoms with Crippen molar-refractivity contribution in [3.05, 3.63) is 44.5 Å². The van der Waals surface area contributed by atoms with Gasteiger partial charge >= 0.3 is 0 Å². The first-order chi connectivity index (χ1) is 11.7. The van der Waals surface area contributed by atoms with Crippen molar-refractivity contribution in [1.29, 1.82) is 0 Å². The van der Waals surface area contributed by atoms with Gasteiger partial charge in [-0.1, -0.05) is 38.4 Å². The Morgan fingerprint density at radius 1 is 1.20 bits per heavy atom. The van der Waals surface area contributed by atoms with Crippen LogP contribution in [0.4, 0.5) is 0 Å². The number of fused-ring (bicyclic) bond motifs is 1. The third-order valence-corrected chi connectivity index (χ3v) is 6.40. The quantitative estimate of drug-likeness (QED) is 0.675. The third kappa shape index (κ3) is 3.10. The normalized spacial score (nSPS) is 21.9. The summed E-state index contributed by atoms with van der Waals surface area (Å²) >= 11 is 6.87. The Hall–Kier alpha value is -1.41. The lowest BCUT2D eigenvalue weighted by molar-refractivity contribution is -0.121. The molecule has 0 fully saturated rings. The van der Waals surface area contributed by atoms with Gasteiger partial charge < -0.3 is 0 Å². The molecule has 2 nitrogen and oxygen atoms in total. The molecule has 0 N–H and O–H groups in total. The second-order valence-corrected chi connectivity index (χ2v) is 8.78. The van der Waals surface area contributed by atoms with E-state index in [1.54, 1.807) is 6.92 Å². The molecule has 2 aliphatic carbocycles. The van der Waals surface area contributed by atoms with E-state index >= 15 is 0 Å². The first-order valence-corrected chi connectivity index (χ1v) is 9.61. The zero-order valence-electron chi connectivity index (χ0n) is 15.9. The maximum Gasteiger partial charge on any atom is 0.166 e. The van der Waals surface area contributed by atoms with Gasteiger partial charge in [0.05, 0.1) is 5.57 Å². The molecular weight excluding hydrogens is 332 g/mol. The van der Waals surface area contributed by atoms with Crippen molar-refractivity contribution >= 4 is 23.2 Å². The molecule has 134 valence electrons. The fourth-order valence-corrected chi connectivity index (χ4v) is 4.99. The minimum Gasteiger partial charge on any atom is -0.294 e. The van der Waals surface area contributed by atoms with Gasteiger partial charge in [0.2, 0.25) is 0 Å². The van der Waals surface area contributed by atoms with Crippen LogP contribution in [0.1, 0.15) is 73.8 Å². The molecule has 3 heteroatoms. The molecular formula is C22H27ClO2. The Balaban J connectivity index is 2.03. The zero-order chi connectivity index (χ0) is 18.5. The average molecular weight is 359 g/mol. The van der Waals surface area contributed by atoms with E-state index in [-0.39, 0.29) is 22.9 Å². The molecule has 1 aromatic carbocycles. The van der Waals surface area contributed by atoms with Gasteiger partial charge in [-0.15, -0.1) is 0 Å². The van der Waals surface area contributed by atoms with Gasteiger partial charge in [-0.05, 0) is 72.3 Å². The Labute approximate surface area is 155 Å². The minimum atomic E-state index is -0.0434. The smallest absolute Gasteiger partial charge is 0.166 e. The molecule has 0 aromatic heterocycles.